The number of nitrogens with zero attached hydrogens (tertiary/aromatic N) is 1. The van der Waals surface area contributed by atoms with Gasteiger partial charge in [0.15, 0.2) is 5.82 Å². The highest BCUT2D eigenvalue weighted by Gasteiger charge is 2.38. The summed E-state index contributed by atoms with van der Waals surface area (Å²) >= 11 is 0. The molecule has 0 saturated heterocycles. The molecule has 12 heavy (non-hydrogen) atoms. The van der Waals surface area contributed by atoms with Gasteiger partial charge in [0, 0.05) is 0 Å². The third kappa shape index (κ3) is 1.25. The second-order valence-corrected chi connectivity index (χ2v) is 2.95. The van der Waals surface area contributed by atoms with Crippen molar-refractivity contribution in [3.63, 3.8) is 0 Å². The molecule has 0 aliphatic heterocycles. The quantitative estimate of drug-likeness (QED) is 0.661. The van der Waals surface area contributed by atoms with Crippen LogP contribution in [-0.2, 0) is 5.54 Å². The number of nitrogens with two attached hydrogens (primary N) is 1. The van der Waals surface area contributed by atoms with E-state index in [1.54, 1.807) is 0 Å². The first-order valence-electron chi connectivity index (χ1n) is 3.56. The Morgan fingerprint density at radius 2 is 2.25 bits per heavy atom. The summed E-state index contributed by atoms with van der Waals surface area (Å²) < 4.78 is 4.35. The van der Waals surface area contributed by atoms with Crippen molar-refractivity contribution in [3.05, 3.63) is 16.4 Å². The Bertz CT molecular complexity index is 315. The van der Waals surface area contributed by atoms with Crippen LogP contribution in [0.2, 0.25) is 0 Å². The normalized spacial score (nSPS) is 19.4. The zero-order valence-corrected chi connectivity index (χ0v) is 7.19. The Morgan fingerprint density at radius 1 is 1.58 bits per heavy atom. The molecule has 0 atom stereocenters. The highest BCUT2D eigenvalue weighted by Crippen LogP contribution is 2.35. The van der Waals surface area contributed by atoms with E-state index in [0.717, 1.165) is 19.3 Å². The van der Waals surface area contributed by atoms with E-state index in [9.17, 15) is 4.79 Å². The maximum Gasteiger partial charge on any atom is 0.438 e. The van der Waals surface area contributed by atoms with Crippen LogP contribution in [0.25, 0.3) is 0 Å². The highest BCUT2D eigenvalue weighted by molar-refractivity contribution is 5.85. The van der Waals surface area contributed by atoms with Gasteiger partial charge in [-0.1, -0.05) is 5.16 Å². The molecule has 68 valence electrons. The number of aromatic nitrogens is 2. The van der Waals surface area contributed by atoms with E-state index < -0.39 is 11.3 Å². The molecule has 2 rings (SSSR count). The predicted molar refractivity (Wildman–Crippen MR) is 44.1 cm³/mol. The standard InChI is InChI=1S/C6H9N3O2.ClH/c7-6(2-1-3-6)4-8-5(10)11-9-4;/h1-3,7H2,(H,8,9,10);1H. The first-order chi connectivity index (χ1) is 5.21. The molecule has 6 heteroatoms. The summed E-state index contributed by atoms with van der Waals surface area (Å²) in [6, 6.07) is 0. The van der Waals surface area contributed by atoms with Crippen LogP contribution in [0.5, 0.6) is 0 Å². The van der Waals surface area contributed by atoms with E-state index in [4.69, 9.17) is 5.73 Å². The highest BCUT2D eigenvalue weighted by atomic mass is 35.5. The maximum absolute atomic E-state index is 10.5. The maximum atomic E-state index is 10.5. The van der Waals surface area contributed by atoms with Crippen LogP contribution in [-0.4, -0.2) is 10.1 Å². The largest absolute Gasteiger partial charge is 0.438 e. The Kier molecular flexibility index (Phi) is 2.25. The Morgan fingerprint density at radius 3 is 2.58 bits per heavy atom. The average Bonchev–Trinajstić information content (AvgIpc) is 2.31. The summed E-state index contributed by atoms with van der Waals surface area (Å²) in [6.45, 7) is 0. The van der Waals surface area contributed by atoms with E-state index >= 15 is 0 Å². The van der Waals surface area contributed by atoms with Gasteiger partial charge in [-0.2, -0.15) is 0 Å². The molecule has 1 aliphatic carbocycles. The fourth-order valence-electron chi connectivity index (χ4n) is 1.24. The van der Waals surface area contributed by atoms with Gasteiger partial charge in [0.25, 0.3) is 0 Å². The van der Waals surface area contributed by atoms with Crippen molar-refractivity contribution in [2.24, 2.45) is 5.73 Å². The number of nitrogens with one attached hydrogen (secondary N) is 1. The minimum Gasteiger partial charge on any atom is -0.319 e. The van der Waals surface area contributed by atoms with Gasteiger partial charge in [0.1, 0.15) is 0 Å². The number of halogens is 1. The second-order valence-electron chi connectivity index (χ2n) is 2.95. The molecular formula is C6H10ClN3O2. The van der Waals surface area contributed by atoms with Crippen molar-refractivity contribution in [1.29, 1.82) is 0 Å². The lowest BCUT2D eigenvalue weighted by molar-refractivity contribution is 0.229. The zero-order chi connectivity index (χ0) is 7.90. The van der Waals surface area contributed by atoms with E-state index in [1.165, 1.54) is 0 Å². The Hall–Kier alpha value is -0.810. The fraction of sp³-hybridized carbons (Fsp3) is 0.667. The number of hydrogen-bond donors (Lipinski definition) is 2. The summed E-state index contributed by atoms with van der Waals surface area (Å²) in [4.78, 5) is 13.0. The van der Waals surface area contributed by atoms with Crippen molar-refractivity contribution in [2.45, 2.75) is 24.8 Å². The van der Waals surface area contributed by atoms with E-state index in [2.05, 4.69) is 14.7 Å². The first-order valence-corrected chi connectivity index (χ1v) is 3.56. The summed E-state index contributed by atoms with van der Waals surface area (Å²) in [5, 5.41) is 3.54. The molecule has 5 nitrogen and oxygen atoms in total. The zero-order valence-electron chi connectivity index (χ0n) is 6.37. The molecule has 3 N–H and O–H groups in total. The minimum atomic E-state index is -0.531. The van der Waals surface area contributed by atoms with Gasteiger partial charge in [-0.3, -0.25) is 9.51 Å². The molecule has 0 unspecified atom stereocenters. The van der Waals surface area contributed by atoms with Gasteiger partial charge in [-0.05, 0) is 19.3 Å². The van der Waals surface area contributed by atoms with Crippen molar-refractivity contribution in [1.82, 2.24) is 10.1 Å². The van der Waals surface area contributed by atoms with Crippen LogP contribution < -0.4 is 11.5 Å². The molecule has 0 amide bonds. The number of H-pyrrole nitrogens is 1. The third-order valence-electron chi connectivity index (χ3n) is 2.16. The van der Waals surface area contributed by atoms with Gasteiger partial charge < -0.3 is 5.73 Å². The monoisotopic (exact) mass is 191 g/mol. The molecule has 1 saturated carbocycles. The lowest BCUT2D eigenvalue weighted by Gasteiger charge is -2.34. The topological polar surface area (TPSA) is 84.9 Å². The second kappa shape index (κ2) is 2.91. The SMILES string of the molecule is Cl.NC1(c2noc(=O)[nH]2)CCC1. The molecule has 0 aromatic carbocycles. The lowest BCUT2D eigenvalue weighted by atomic mass is 9.77. The molecule has 1 aromatic rings. The van der Waals surface area contributed by atoms with Crippen molar-refractivity contribution >= 4 is 12.4 Å². The Labute approximate surface area is 74.7 Å². The fourth-order valence-corrected chi connectivity index (χ4v) is 1.24. The summed E-state index contributed by atoms with van der Waals surface area (Å²) in [5.41, 5.74) is 5.42. The van der Waals surface area contributed by atoms with Crippen LogP contribution in [0, 0.1) is 0 Å². The molecule has 1 fully saturated rings. The molecule has 1 heterocycles. The smallest absolute Gasteiger partial charge is 0.319 e. The lowest BCUT2D eigenvalue weighted by Crippen LogP contribution is -2.44. The van der Waals surface area contributed by atoms with Crippen LogP contribution in [0.4, 0.5) is 0 Å². The molecular weight excluding hydrogens is 182 g/mol. The number of aromatic amines is 1. The number of hydrogen-bond acceptors (Lipinski definition) is 4. The van der Waals surface area contributed by atoms with E-state index in [0.29, 0.717) is 5.82 Å². The average molecular weight is 192 g/mol. The summed E-state index contributed by atoms with van der Waals surface area (Å²) in [6.07, 6.45) is 2.83. The van der Waals surface area contributed by atoms with Crippen LogP contribution in [0.3, 0.4) is 0 Å². The van der Waals surface area contributed by atoms with Gasteiger partial charge in [-0.25, -0.2) is 4.79 Å². The van der Waals surface area contributed by atoms with E-state index in [1.807, 2.05) is 0 Å². The minimum absolute atomic E-state index is 0. The van der Waals surface area contributed by atoms with E-state index in [-0.39, 0.29) is 12.4 Å². The summed E-state index contributed by atoms with van der Waals surface area (Å²) in [5.74, 6) is -0.0505. The first kappa shape index (κ1) is 9.28. The van der Waals surface area contributed by atoms with Gasteiger partial charge in [-0.15, -0.1) is 12.4 Å². The van der Waals surface area contributed by atoms with Gasteiger partial charge in [0.05, 0.1) is 5.54 Å². The van der Waals surface area contributed by atoms with Crippen LogP contribution in [0.1, 0.15) is 25.1 Å². The predicted octanol–water partition coefficient (Wildman–Crippen LogP) is 0.123. The van der Waals surface area contributed by atoms with Crippen molar-refractivity contribution in [3.8, 4) is 0 Å². The van der Waals surface area contributed by atoms with Crippen molar-refractivity contribution in [2.75, 3.05) is 0 Å². The molecule has 0 spiro atoms. The van der Waals surface area contributed by atoms with Crippen molar-refractivity contribution < 1.29 is 4.52 Å². The van der Waals surface area contributed by atoms with Crippen LogP contribution >= 0.6 is 12.4 Å². The molecule has 0 radical (unpaired) electrons. The molecule has 0 bridgehead atoms. The summed E-state index contributed by atoms with van der Waals surface area (Å²) in [7, 11) is 0. The van der Waals surface area contributed by atoms with Gasteiger partial charge in [0.2, 0.25) is 0 Å². The Balaban J connectivity index is 0.000000720. The third-order valence-corrected chi connectivity index (χ3v) is 2.16. The molecule has 1 aliphatic rings. The van der Waals surface area contributed by atoms with Gasteiger partial charge >= 0.3 is 5.76 Å². The number of rotatable bonds is 1. The molecule has 1 aromatic heterocycles. The van der Waals surface area contributed by atoms with Crippen LogP contribution in [0.15, 0.2) is 9.32 Å².